The average Bonchev–Trinajstić information content (AvgIpc) is 2.26. The van der Waals surface area contributed by atoms with Crippen LogP contribution in [0.1, 0.15) is 20.8 Å². The zero-order valence-corrected chi connectivity index (χ0v) is 10.7. The van der Waals surface area contributed by atoms with Gasteiger partial charge in [0.1, 0.15) is 11.7 Å². The second-order valence-corrected chi connectivity index (χ2v) is 5.06. The molecule has 1 fully saturated rings. The molecule has 1 aliphatic rings. The molecule has 1 amide bonds. The first kappa shape index (κ1) is 14.0. The van der Waals surface area contributed by atoms with Gasteiger partial charge in [-0.1, -0.05) is 6.08 Å². The van der Waals surface area contributed by atoms with E-state index in [4.69, 9.17) is 9.47 Å². The van der Waals surface area contributed by atoms with Crippen molar-refractivity contribution in [3.05, 3.63) is 12.7 Å². The van der Waals surface area contributed by atoms with Crippen LogP contribution in [-0.2, 0) is 9.47 Å². The maximum absolute atomic E-state index is 11.8. The highest BCUT2D eigenvalue weighted by Gasteiger charge is 2.30. The van der Waals surface area contributed by atoms with Gasteiger partial charge in [-0.2, -0.15) is 0 Å². The van der Waals surface area contributed by atoms with E-state index in [1.165, 1.54) is 6.08 Å². The molecule has 1 aliphatic heterocycles. The van der Waals surface area contributed by atoms with Gasteiger partial charge in [0.25, 0.3) is 0 Å². The van der Waals surface area contributed by atoms with Crippen LogP contribution in [0.3, 0.4) is 0 Å². The lowest BCUT2D eigenvalue weighted by atomic mass is 10.1. The molecule has 17 heavy (non-hydrogen) atoms. The predicted molar refractivity (Wildman–Crippen MR) is 63.8 cm³/mol. The van der Waals surface area contributed by atoms with Crippen molar-refractivity contribution in [2.75, 3.05) is 19.7 Å². The number of carbonyl (C=O) groups excluding carboxylic acids is 1. The van der Waals surface area contributed by atoms with Crippen molar-refractivity contribution in [2.24, 2.45) is 0 Å². The number of morpholine rings is 1. The van der Waals surface area contributed by atoms with Crippen LogP contribution in [0.25, 0.3) is 0 Å². The van der Waals surface area contributed by atoms with Crippen molar-refractivity contribution in [1.82, 2.24) is 4.90 Å². The third kappa shape index (κ3) is 4.36. The molecule has 98 valence electrons. The Labute approximate surface area is 102 Å². The van der Waals surface area contributed by atoms with Crippen LogP contribution < -0.4 is 0 Å². The molecule has 2 atom stereocenters. The number of aliphatic hydroxyl groups excluding tert-OH is 1. The van der Waals surface area contributed by atoms with E-state index in [9.17, 15) is 9.90 Å². The topological polar surface area (TPSA) is 59.0 Å². The minimum Gasteiger partial charge on any atom is -0.444 e. The summed E-state index contributed by atoms with van der Waals surface area (Å²) in [5, 5.41) is 9.59. The summed E-state index contributed by atoms with van der Waals surface area (Å²) in [6.07, 6.45) is -0.153. The zero-order chi connectivity index (χ0) is 13.1. The Kier molecular flexibility index (Phi) is 4.54. The first-order valence-electron chi connectivity index (χ1n) is 5.73. The second-order valence-electron chi connectivity index (χ2n) is 5.06. The summed E-state index contributed by atoms with van der Waals surface area (Å²) in [4.78, 5) is 13.4. The molecule has 0 aromatic carbocycles. The molecule has 1 heterocycles. The molecule has 2 unspecified atom stereocenters. The van der Waals surface area contributed by atoms with Crippen molar-refractivity contribution < 1.29 is 19.4 Å². The van der Waals surface area contributed by atoms with E-state index in [2.05, 4.69) is 6.58 Å². The van der Waals surface area contributed by atoms with Crippen LogP contribution in [0.15, 0.2) is 12.7 Å². The van der Waals surface area contributed by atoms with Crippen molar-refractivity contribution in [3.63, 3.8) is 0 Å². The maximum atomic E-state index is 11.8. The minimum absolute atomic E-state index is 0.322. The maximum Gasteiger partial charge on any atom is 0.410 e. The van der Waals surface area contributed by atoms with E-state index in [1.54, 1.807) is 4.90 Å². The van der Waals surface area contributed by atoms with Gasteiger partial charge in [0, 0.05) is 6.54 Å². The smallest absolute Gasteiger partial charge is 0.410 e. The molecule has 0 aromatic heterocycles. The third-order valence-corrected chi connectivity index (χ3v) is 2.37. The van der Waals surface area contributed by atoms with Crippen LogP contribution in [0.5, 0.6) is 0 Å². The van der Waals surface area contributed by atoms with Gasteiger partial charge in [-0.25, -0.2) is 4.79 Å². The van der Waals surface area contributed by atoms with E-state index in [0.29, 0.717) is 19.7 Å². The second kappa shape index (κ2) is 5.51. The number of aliphatic hydroxyl groups is 1. The molecule has 5 nitrogen and oxygen atoms in total. The lowest BCUT2D eigenvalue weighted by Gasteiger charge is -2.35. The normalized spacial score (nSPS) is 23.1. The fourth-order valence-electron chi connectivity index (χ4n) is 1.53. The Hall–Kier alpha value is -1.07. The largest absolute Gasteiger partial charge is 0.444 e. The van der Waals surface area contributed by atoms with Gasteiger partial charge in [-0.05, 0) is 20.8 Å². The van der Waals surface area contributed by atoms with Crippen molar-refractivity contribution in [1.29, 1.82) is 0 Å². The zero-order valence-electron chi connectivity index (χ0n) is 10.7. The summed E-state index contributed by atoms with van der Waals surface area (Å²) >= 11 is 0. The standard InChI is InChI=1S/C12H21NO4/c1-5-9(14)10-8-13(6-7-16-10)11(15)17-12(2,3)4/h5,9-10,14H,1,6-8H2,2-4H3. The number of ether oxygens (including phenoxy) is 2. The summed E-state index contributed by atoms with van der Waals surface area (Å²) < 4.78 is 10.6. The van der Waals surface area contributed by atoms with Crippen LogP contribution in [0.2, 0.25) is 0 Å². The first-order chi connectivity index (χ1) is 7.83. The summed E-state index contributed by atoms with van der Waals surface area (Å²) in [6.45, 7) is 10.2. The van der Waals surface area contributed by atoms with Crippen LogP contribution in [0.4, 0.5) is 4.79 Å². The van der Waals surface area contributed by atoms with E-state index in [0.717, 1.165) is 0 Å². The fourth-order valence-corrected chi connectivity index (χ4v) is 1.53. The molecule has 1 N–H and O–H groups in total. The number of amides is 1. The minimum atomic E-state index is -0.764. The van der Waals surface area contributed by atoms with Gasteiger partial charge >= 0.3 is 6.09 Å². The van der Waals surface area contributed by atoms with Gasteiger partial charge in [-0.15, -0.1) is 6.58 Å². The SMILES string of the molecule is C=CC(O)C1CN(C(=O)OC(C)(C)C)CCO1. The number of rotatable bonds is 2. The summed E-state index contributed by atoms with van der Waals surface area (Å²) in [7, 11) is 0. The highest BCUT2D eigenvalue weighted by atomic mass is 16.6. The predicted octanol–water partition coefficient (Wildman–Crippen LogP) is 1.17. The average molecular weight is 243 g/mol. The molecule has 0 bridgehead atoms. The molecular formula is C12H21NO4. The molecule has 0 radical (unpaired) electrons. The Morgan fingerprint density at radius 2 is 2.29 bits per heavy atom. The van der Waals surface area contributed by atoms with Crippen molar-refractivity contribution in [3.8, 4) is 0 Å². The number of nitrogens with zero attached hydrogens (tertiary/aromatic N) is 1. The van der Waals surface area contributed by atoms with Crippen molar-refractivity contribution >= 4 is 6.09 Å². The monoisotopic (exact) mass is 243 g/mol. The van der Waals surface area contributed by atoms with Gasteiger partial charge in [0.15, 0.2) is 0 Å². The molecule has 0 aliphatic carbocycles. The molecule has 1 saturated heterocycles. The van der Waals surface area contributed by atoms with Gasteiger partial charge in [-0.3, -0.25) is 0 Å². The van der Waals surface area contributed by atoms with Crippen LogP contribution >= 0.6 is 0 Å². The molecule has 0 spiro atoms. The Morgan fingerprint density at radius 1 is 1.65 bits per heavy atom. The summed E-state index contributed by atoms with van der Waals surface area (Å²) in [6, 6.07) is 0. The third-order valence-electron chi connectivity index (χ3n) is 2.37. The van der Waals surface area contributed by atoms with Gasteiger partial charge in [0.2, 0.25) is 0 Å². The summed E-state index contributed by atoms with van der Waals surface area (Å²) in [5.41, 5.74) is -0.512. The van der Waals surface area contributed by atoms with E-state index >= 15 is 0 Å². The molecule has 1 rings (SSSR count). The number of carbonyl (C=O) groups is 1. The van der Waals surface area contributed by atoms with Crippen LogP contribution in [-0.4, -0.2) is 53.6 Å². The molecule has 0 saturated carbocycles. The summed E-state index contributed by atoms with van der Waals surface area (Å²) in [5.74, 6) is 0. The first-order valence-corrected chi connectivity index (χ1v) is 5.73. The quantitative estimate of drug-likeness (QED) is 0.740. The van der Waals surface area contributed by atoms with E-state index < -0.39 is 17.8 Å². The highest BCUT2D eigenvalue weighted by Crippen LogP contribution is 2.14. The molecule has 0 aromatic rings. The molecule has 5 heteroatoms. The Morgan fingerprint density at radius 3 is 2.82 bits per heavy atom. The Balaban J connectivity index is 2.54. The van der Waals surface area contributed by atoms with E-state index in [1.807, 2.05) is 20.8 Å². The van der Waals surface area contributed by atoms with Gasteiger partial charge < -0.3 is 19.5 Å². The van der Waals surface area contributed by atoms with Gasteiger partial charge in [0.05, 0.1) is 19.3 Å². The number of hydrogen-bond acceptors (Lipinski definition) is 4. The molecular weight excluding hydrogens is 222 g/mol. The van der Waals surface area contributed by atoms with E-state index in [-0.39, 0.29) is 6.09 Å². The Bertz CT molecular complexity index is 285. The fraction of sp³-hybridized carbons (Fsp3) is 0.750. The van der Waals surface area contributed by atoms with Crippen molar-refractivity contribution in [2.45, 2.75) is 38.6 Å². The lowest BCUT2D eigenvalue weighted by molar-refractivity contribution is -0.0768. The lowest BCUT2D eigenvalue weighted by Crippen LogP contribution is -2.50. The van der Waals surface area contributed by atoms with Crippen LogP contribution in [0, 0.1) is 0 Å². The highest BCUT2D eigenvalue weighted by molar-refractivity contribution is 5.68. The number of hydrogen-bond donors (Lipinski definition) is 1.